The molecule has 0 aromatic heterocycles. The van der Waals surface area contributed by atoms with Gasteiger partial charge in [0.05, 0.1) is 18.1 Å². The van der Waals surface area contributed by atoms with Crippen molar-refractivity contribution < 1.29 is 14.6 Å². The number of aliphatic hydroxyl groups is 1. The second kappa shape index (κ2) is 4.37. The Hall–Kier alpha value is -0.830. The van der Waals surface area contributed by atoms with Crippen LogP contribution in [0.3, 0.4) is 0 Å². The molecule has 2 fully saturated rings. The zero-order chi connectivity index (χ0) is 13.6. The molecule has 0 aromatic rings. The average Bonchev–Trinajstić information content (AvgIpc) is 2.53. The minimum atomic E-state index is -0.754. The summed E-state index contributed by atoms with van der Waals surface area (Å²) in [6.45, 7) is 10.7. The molecular formula is C15H24O3. The van der Waals surface area contributed by atoms with Gasteiger partial charge in [-0.25, -0.2) is 0 Å². The molecule has 2 aliphatic rings. The molecule has 2 aliphatic carbocycles. The maximum Gasteiger partial charge on any atom is 0.309 e. The predicted molar refractivity (Wildman–Crippen MR) is 70.0 cm³/mol. The molecule has 3 nitrogen and oxygen atoms in total. The first-order chi connectivity index (χ1) is 8.29. The zero-order valence-electron chi connectivity index (χ0n) is 11.7. The van der Waals surface area contributed by atoms with Crippen LogP contribution in [0, 0.1) is 17.3 Å². The number of carbonyl (C=O) groups is 1. The fraction of sp³-hybridized carbons (Fsp3) is 0.800. The predicted octanol–water partition coefficient (Wildman–Crippen LogP) is 2.68. The summed E-state index contributed by atoms with van der Waals surface area (Å²) in [4.78, 5) is 12.0. The van der Waals surface area contributed by atoms with Gasteiger partial charge < -0.3 is 9.84 Å². The molecule has 0 amide bonds. The van der Waals surface area contributed by atoms with Gasteiger partial charge in [-0.15, -0.1) is 0 Å². The van der Waals surface area contributed by atoms with Gasteiger partial charge in [0.25, 0.3) is 0 Å². The molecule has 0 aliphatic heterocycles. The molecular weight excluding hydrogens is 228 g/mol. The molecule has 0 aromatic carbocycles. The molecule has 0 spiro atoms. The van der Waals surface area contributed by atoms with Crippen LogP contribution in [0.15, 0.2) is 12.2 Å². The van der Waals surface area contributed by atoms with Crippen LogP contribution >= 0.6 is 0 Å². The van der Waals surface area contributed by atoms with E-state index in [1.165, 1.54) is 0 Å². The van der Waals surface area contributed by atoms with Crippen molar-refractivity contribution in [2.75, 3.05) is 6.61 Å². The summed E-state index contributed by atoms with van der Waals surface area (Å²) < 4.78 is 5.13. The third kappa shape index (κ3) is 2.20. The Morgan fingerprint density at radius 2 is 2.22 bits per heavy atom. The number of esters is 1. The number of carbonyl (C=O) groups excluding carboxylic acids is 1. The minimum Gasteiger partial charge on any atom is -0.466 e. The average molecular weight is 252 g/mol. The monoisotopic (exact) mass is 252 g/mol. The van der Waals surface area contributed by atoms with Crippen molar-refractivity contribution in [2.24, 2.45) is 17.3 Å². The number of fused-ring (bicyclic) bond motifs is 1. The Bertz CT molecular complexity index is 372. The van der Waals surface area contributed by atoms with Crippen molar-refractivity contribution in [3.8, 4) is 0 Å². The summed E-state index contributed by atoms with van der Waals surface area (Å²) in [5, 5.41) is 10.8. The Morgan fingerprint density at radius 1 is 1.56 bits per heavy atom. The quantitative estimate of drug-likeness (QED) is 0.607. The molecule has 2 rings (SSSR count). The fourth-order valence-corrected chi connectivity index (χ4v) is 4.08. The number of hydrogen-bond acceptors (Lipinski definition) is 3. The van der Waals surface area contributed by atoms with Crippen molar-refractivity contribution in [1.82, 2.24) is 0 Å². The van der Waals surface area contributed by atoms with E-state index in [4.69, 9.17) is 4.74 Å². The maximum absolute atomic E-state index is 12.0. The topological polar surface area (TPSA) is 46.5 Å². The van der Waals surface area contributed by atoms with Crippen LogP contribution in [-0.2, 0) is 9.53 Å². The van der Waals surface area contributed by atoms with E-state index in [1.54, 1.807) is 0 Å². The molecule has 18 heavy (non-hydrogen) atoms. The largest absolute Gasteiger partial charge is 0.466 e. The van der Waals surface area contributed by atoms with E-state index in [9.17, 15) is 9.90 Å². The van der Waals surface area contributed by atoms with Gasteiger partial charge in [-0.2, -0.15) is 0 Å². The smallest absolute Gasteiger partial charge is 0.309 e. The van der Waals surface area contributed by atoms with Crippen LogP contribution in [0.5, 0.6) is 0 Å². The first-order valence-corrected chi connectivity index (χ1v) is 6.86. The van der Waals surface area contributed by atoms with E-state index in [1.807, 2.05) is 6.92 Å². The lowest BCUT2D eigenvalue weighted by atomic mass is 9.62. The van der Waals surface area contributed by atoms with E-state index in [2.05, 4.69) is 20.4 Å². The van der Waals surface area contributed by atoms with E-state index < -0.39 is 5.60 Å². The highest BCUT2D eigenvalue weighted by atomic mass is 16.5. The lowest BCUT2D eigenvalue weighted by molar-refractivity contribution is -0.151. The summed E-state index contributed by atoms with van der Waals surface area (Å²) in [6, 6.07) is 0. The molecule has 0 bridgehead atoms. The highest BCUT2D eigenvalue weighted by Gasteiger charge is 2.56. The van der Waals surface area contributed by atoms with Gasteiger partial charge in [0.1, 0.15) is 0 Å². The van der Waals surface area contributed by atoms with Gasteiger partial charge in [0, 0.05) is 5.92 Å². The van der Waals surface area contributed by atoms with Gasteiger partial charge >= 0.3 is 5.97 Å². The van der Waals surface area contributed by atoms with Gasteiger partial charge in [-0.1, -0.05) is 26.0 Å². The summed E-state index contributed by atoms with van der Waals surface area (Å²) in [5.41, 5.74) is 0.339. The molecule has 0 heterocycles. The Labute approximate surface area is 109 Å². The molecule has 0 radical (unpaired) electrons. The molecule has 102 valence electrons. The standard InChI is InChI=1S/C15H24O3/c1-5-18-13(16)11-6-7-15(17)9-14(3,4)8-10(2)12(11)15/h11-12,17H,2,5-9H2,1,3-4H3/t11-,12+,15+/m0/s1. The highest BCUT2D eigenvalue weighted by molar-refractivity contribution is 5.74. The lowest BCUT2D eigenvalue weighted by Gasteiger charge is -2.46. The molecule has 2 saturated carbocycles. The number of hydrogen-bond donors (Lipinski definition) is 1. The SMILES string of the molecule is C=C1CC(C)(C)C[C@]2(O)CC[C@H](C(=O)OCC)[C@@H]12. The molecule has 3 heteroatoms. The molecule has 1 N–H and O–H groups in total. The summed E-state index contributed by atoms with van der Waals surface area (Å²) in [7, 11) is 0. The Morgan fingerprint density at radius 3 is 2.83 bits per heavy atom. The Balaban J connectivity index is 2.23. The summed E-state index contributed by atoms with van der Waals surface area (Å²) >= 11 is 0. The van der Waals surface area contributed by atoms with E-state index in [0.717, 1.165) is 24.8 Å². The third-order valence-corrected chi connectivity index (χ3v) is 4.39. The lowest BCUT2D eigenvalue weighted by Crippen LogP contribution is -2.46. The van der Waals surface area contributed by atoms with Gasteiger partial charge in [0.15, 0.2) is 0 Å². The molecule has 0 saturated heterocycles. The van der Waals surface area contributed by atoms with Crippen molar-refractivity contribution in [3.63, 3.8) is 0 Å². The second-order valence-electron chi connectivity index (χ2n) is 6.65. The summed E-state index contributed by atoms with van der Waals surface area (Å²) in [5.74, 6) is -0.470. The number of rotatable bonds is 2. The second-order valence-corrected chi connectivity index (χ2v) is 6.65. The third-order valence-electron chi connectivity index (χ3n) is 4.39. The van der Waals surface area contributed by atoms with Crippen LogP contribution < -0.4 is 0 Å². The maximum atomic E-state index is 12.0. The minimum absolute atomic E-state index is 0.0753. The van der Waals surface area contributed by atoms with Gasteiger partial charge in [0.2, 0.25) is 0 Å². The van der Waals surface area contributed by atoms with Crippen LogP contribution in [0.2, 0.25) is 0 Å². The molecule has 0 unspecified atom stereocenters. The van der Waals surface area contributed by atoms with Crippen molar-refractivity contribution in [2.45, 2.75) is 52.1 Å². The van der Waals surface area contributed by atoms with Gasteiger partial charge in [-0.3, -0.25) is 4.79 Å². The fourth-order valence-electron chi connectivity index (χ4n) is 4.08. The van der Waals surface area contributed by atoms with Crippen LogP contribution in [0.4, 0.5) is 0 Å². The zero-order valence-corrected chi connectivity index (χ0v) is 11.7. The molecule has 3 atom stereocenters. The van der Waals surface area contributed by atoms with Crippen molar-refractivity contribution >= 4 is 5.97 Å². The first-order valence-electron chi connectivity index (χ1n) is 6.86. The normalized spacial score (nSPS) is 38.3. The Kier molecular flexibility index (Phi) is 3.30. The van der Waals surface area contributed by atoms with Crippen LogP contribution in [0.25, 0.3) is 0 Å². The van der Waals surface area contributed by atoms with E-state index in [-0.39, 0.29) is 23.2 Å². The number of ether oxygens (including phenoxy) is 1. The van der Waals surface area contributed by atoms with E-state index in [0.29, 0.717) is 13.0 Å². The van der Waals surface area contributed by atoms with Crippen molar-refractivity contribution in [1.29, 1.82) is 0 Å². The van der Waals surface area contributed by atoms with Gasteiger partial charge in [-0.05, 0) is 38.0 Å². The van der Waals surface area contributed by atoms with Crippen LogP contribution in [-0.4, -0.2) is 23.3 Å². The van der Waals surface area contributed by atoms with Crippen molar-refractivity contribution in [3.05, 3.63) is 12.2 Å². The summed E-state index contributed by atoms with van der Waals surface area (Å²) in [6.07, 6.45) is 3.04. The van der Waals surface area contributed by atoms with Crippen LogP contribution in [0.1, 0.15) is 46.5 Å². The van der Waals surface area contributed by atoms with E-state index >= 15 is 0 Å². The highest BCUT2D eigenvalue weighted by Crippen LogP contribution is 2.56. The first kappa shape index (κ1) is 13.6.